The van der Waals surface area contributed by atoms with Crippen LogP contribution in [0.4, 0.5) is 0 Å². The first-order chi connectivity index (χ1) is 11.5. The summed E-state index contributed by atoms with van der Waals surface area (Å²) in [7, 11) is 0. The number of aliphatic hydroxyl groups is 1. The fraction of sp³-hybridized carbons (Fsp3) is 0.350. The van der Waals surface area contributed by atoms with Crippen LogP contribution in [0.1, 0.15) is 30.9 Å². The molecule has 3 rings (SSSR count). The summed E-state index contributed by atoms with van der Waals surface area (Å²) in [6.07, 6.45) is 1.17. The van der Waals surface area contributed by atoms with Crippen LogP contribution in [0.15, 0.2) is 48.8 Å². The van der Waals surface area contributed by atoms with E-state index in [1.54, 1.807) is 6.33 Å². The molecule has 0 aliphatic rings. The molecule has 0 fully saturated rings. The lowest BCUT2D eigenvalue weighted by molar-refractivity contribution is 0.0928. The fourth-order valence-electron chi connectivity index (χ4n) is 2.87. The Morgan fingerprint density at radius 2 is 1.96 bits per heavy atom. The van der Waals surface area contributed by atoms with Crippen LogP contribution in [-0.4, -0.2) is 27.4 Å². The minimum absolute atomic E-state index is 0.260. The van der Waals surface area contributed by atoms with Crippen molar-refractivity contribution in [2.45, 2.75) is 39.3 Å². The Kier molecular flexibility index (Phi) is 4.86. The van der Waals surface area contributed by atoms with Crippen molar-refractivity contribution < 1.29 is 9.84 Å². The predicted molar refractivity (Wildman–Crippen MR) is 96.5 cm³/mol. The van der Waals surface area contributed by atoms with Crippen LogP contribution >= 0.6 is 0 Å². The van der Waals surface area contributed by atoms with Gasteiger partial charge in [0.05, 0.1) is 23.9 Å². The van der Waals surface area contributed by atoms with Gasteiger partial charge in [-0.15, -0.1) is 0 Å². The highest BCUT2D eigenvalue weighted by atomic mass is 16.5. The minimum atomic E-state index is -0.594. The van der Waals surface area contributed by atoms with Crippen molar-refractivity contribution in [1.82, 2.24) is 9.55 Å². The van der Waals surface area contributed by atoms with E-state index in [0.29, 0.717) is 12.5 Å². The average molecular weight is 324 g/mol. The third-order valence-corrected chi connectivity index (χ3v) is 4.16. The van der Waals surface area contributed by atoms with Crippen LogP contribution in [0.2, 0.25) is 0 Å². The predicted octanol–water partition coefficient (Wildman–Crippen LogP) is 3.91. The Morgan fingerprint density at radius 1 is 1.17 bits per heavy atom. The van der Waals surface area contributed by atoms with Gasteiger partial charge < -0.3 is 14.4 Å². The maximum Gasteiger partial charge on any atom is 0.123 e. The van der Waals surface area contributed by atoms with Gasteiger partial charge in [0.1, 0.15) is 18.5 Å². The molecule has 126 valence electrons. The average Bonchev–Trinajstić information content (AvgIpc) is 2.96. The molecule has 24 heavy (non-hydrogen) atoms. The van der Waals surface area contributed by atoms with Crippen LogP contribution in [0.5, 0.6) is 5.75 Å². The molecule has 0 amide bonds. The minimum Gasteiger partial charge on any atom is -0.491 e. The maximum atomic E-state index is 10.4. The quantitative estimate of drug-likeness (QED) is 0.748. The Bertz CT molecular complexity index is 823. The van der Waals surface area contributed by atoms with Crippen LogP contribution in [0, 0.1) is 6.92 Å². The van der Waals surface area contributed by atoms with Crippen LogP contribution in [-0.2, 0) is 6.54 Å². The molecule has 1 aromatic heterocycles. The third-order valence-electron chi connectivity index (χ3n) is 4.16. The second-order valence-electron chi connectivity index (χ2n) is 6.55. The lowest BCUT2D eigenvalue weighted by Crippen LogP contribution is -2.23. The van der Waals surface area contributed by atoms with Gasteiger partial charge in [0.25, 0.3) is 0 Å². The van der Waals surface area contributed by atoms with Gasteiger partial charge in [-0.2, -0.15) is 0 Å². The van der Waals surface area contributed by atoms with Crippen molar-refractivity contribution in [2.75, 3.05) is 6.61 Å². The number of aryl methyl sites for hydroxylation is 1. The lowest BCUT2D eigenvalue weighted by atomic mass is 10.0. The molecule has 0 aliphatic carbocycles. The highest BCUT2D eigenvalue weighted by molar-refractivity contribution is 5.74. The summed E-state index contributed by atoms with van der Waals surface area (Å²) >= 11 is 0. The van der Waals surface area contributed by atoms with Crippen LogP contribution in [0.3, 0.4) is 0 Å². The van der Waals surface area contributed by atoms with Gasteiger partial charge in [0.2, 0.25) is 0 Å². The standard InChI is InChI=1S/C20H24N2O2/c1-14(2)17-9-8-15(3)10-20(17)24-12-16(23)11-22-13-21-18-6-4-5-7-19(18)22/h4-10,13-14,16,23H,11-12H2,1-3H3. The molecule has 2 aromatic carbocycles. The summed E-state index contributed by atoms with van der Waals surface area (Å²) in [4.78, 5) is 4.35. The SMILES string of the molecule is Cc1ccc(C(C)C)c(OCC(O)Cn2cnc3ccccc32)c1. The molecule has 0 bridgehead atoms. The van der Waals surface area contributed by atoms with E-state index in [0.717, 1.165) is 22.3 Å². The zero-order chi connectivity index (χ0) is 17.1. The van der Waals surface area contributed by atoms with E-state index in [1.807, 2.05) is 41.8 Å². The number of nitrogens with zero attached hydrogens (tertiary/aromatic N) is 2. The van der Waals surface area contributed by atoms with Gasteiger partial charge in [-0.25, -0.2) is 4.98 Å². The van der Waals surface area contributed by atoms with Crippen molar-refractivity contribution in [2.24, 2.45) is 0 Å². The topological polar surface area (TPSA) is 47.3 Å². The van der Waals surface area contributed by atoms with Gasteiger partial charge in [-0.05, 0) is 42.2 Å². The number of aromatic nitrogens is 2. The summed E-state index contributed by atoms with van der Waals surface area (Å²) < 4.78 is 7.88. The molecule has 1 heterocycles. The normalized spacial score (nSPS) is 12.7. The van der Waals surface area contributed by atoms with Crippen molar-refractivity contribution in [3.05, 3.63) is 59.9 Å². The number of fused-ring (bicyclic) bond motifs is 1. The number of imidazole rings is 1. The summed E-state index contributed by atoms with van der Waals surface area (Å²) in [5.41, 5.74) is 4.28. The fourth-order valence-corrected chi connectivity index (χ4v) is 2.87. The summed E-state index contributed by atoms with van der Waals surface area (Å²) in [5.74, 6) is 1.25. The van der Waals surface area contributed by atoms with E-state index >= 15 is 0 Å². The molecule has 1 N–H and O–H groups in total. The molecule has 0 saturated heterocycles. The number of hydrogen-bond donors (Lipinski definition) is 1. The molecular weight excluding hydrogens is 300 g/mol. The van der Waals surface area contributed by atoms with Crippen molar-refractivity contribution in [3.8, 4) is 5.75 Å². The van der Waals surface area contributed by atoms with Crippen LogP contribution < -0.4 is 4.74 Å². The molecule has 3 aromatic rings. The van der Waals surface area contributed by atoms with Crippen molar-refractivity contribution in [3.63, 3.8) is 0 Å². The van der Waals surface area contributed by atoms with Gasteiger partial charge in [0, 0.05) is 0 Å². The van der Waals surface area contributed by atoms with Crippen molar-refractivity contribution in [1.29, 1.82) is 0 Å². The Labute approximate surface area is 142 Å². The summed E-state index contributed by atoms with van der Waals surface area (Å²) in [6, 6.07) is 14.1. The first kappa shape index (κ1) is 16.5. The lowest BCUT2D eigenvalue weighted by Gasteiger charge is -2.18. The molecular formula is C20H24N2O2. The number of aliphatic hydroxyl groups excluding tert-OH is 1. The van der Waals surface area contributed by atoms with E-state index in [4.69, 9.17) is 4.74 Å². The third kappa shape index (κ3) is 3.60. The second kappa shape index (κ2) is 7.05. The molecule has 1 unspecified atom stereocenters. The van der Waals surface area contributed by atoms with Gasteiger partial charge >= 0.3 is 0 Å². The molecule has 0 saturated carbocycles. The molecule has 4 heteroatoms. The number of rotatable bonds is 6. The highest BCUT2D eigenvalue weighted by Gasteiger charge is 2.12. The van der Waals surface area contributed by atoms with Crippen LogP contribution in [0.25, 0.3) is 11.0 Å². The number of ether oxygens (including phenoxy) is 1. The van der Waals surface area contributed by atoms with E-state index in [2.05, 4.69) is 31.0 Å². The zero-order valence-electron chi connectivity index (χ0n) is 14.4. The summed E-state index contributed by atoms with van der Waals surface area (Å²) in [5, 5.41) is 10.4. The molecule has 1 atom stereocenters. The molecule has 0 spiro atoms. The van der Waals surface area contributed by atoms with Gasteiger partial charge in [-0.3, -0.25) is 0 Å². The van der Waals surface area contributed by atoms with E-state index in [1.165, 1.54) is 5.56 Å². The van der Waals surface area contributed by atoms with E-state index in [-0.39, 0.29) is 6.61 Å². The maximum absolute atomic E-state index is 10.4. The van der Waals surface area contributed by atoms with Gasteiger partial charge in [-0.1, -0.05) is 38.1 Å². The number of para-hydroxylation sites is 2. The first-order valence-electron chi connectivity index (χ1n) is 8.36. The van der Waals surface area contributed by atoms with Gasteiger partial charge in [0.15, 0.2) is 0 Å². The van der Waals surface area contributed by atoms with Crippen molar-refractivity contribution >= 4 is 11.0 Å². The Hall–Kier alpha value is -2.33. The zero-order valence-corrected chi connectivity index (χ0v) is 14.4. The largest absolute Gasteiger partial charge is 0.491 e. The second-order valence-corrected chi connectivity index (χ2v) is 6.55. The monoisotopic (exact) mass is 324 g/mol. The molecule has 4 nitrogen and oxygen atoms in total. The Balaban J connectivity index is 1.68. The van der Waals surface area contributed by atoms with E-state index in [9.17, 15) is 5.11 Å². The molecule has 0 aliphatic heterocycles. The van der Waals surface area contributed by atoms with E-state index < -0.39 is 6.10 Å². The summed E-state index contributed by atoms with van der Waals surface area (Å²) in [6.45, 7) is 7.06. The number of hydrogen-bond acceptors (Lipinski definition) is 3. The molecule has 0 radical (unpaired) electrons. The highest BCUT2D eigenvalue weighted by Crippen LogP contribution is 2.27. The smallest absolute Gasteiger partial charge is 0.123 e. The first-order valence-corrected chi connectivity index (χ1v) is 8.36. The number of benzene rings is 2. The Morgan fingerprint density at radius 3 is 2.75 bits per heavy atom.